The van der Waals surface area contributed by atoms with Gasteiger partial charge in [0.15, 0.2) is 22.3 Å². The molecule has 17 nitrogen and oxygen atoms in total. The molecule has 0 amide bonds. The summed E-state index contributed by atoms with van der Waals surface area (Å²) < 4.78 is 55.1. The van der Waals surface area contributed by atoms with Crippen molar-refractivity contribution in [2.75, 3.05) is 11.5 Å². The van der Waals surface area contributed by atoms with E-state index in [0.717, 1.165) is 12.5 Å². The molecule has 0 spiro atoms. The van der Waals surface area contributed by atoms with Crippen molar-refractivity contribution in [2.45, 2.75) is 49.5 Å². The van der Waals surface area contributed by atoms with Gasteiger partial charge >= 0.3 is 8.25 Å². The molecule has 2 fully saturated rings. The smallest absolute Gasteiger partial charge is 0.417 e. The number of halogens is 2. The molecule has 8 N–H and O–H groups in total. The quantitative estimate of drug-likeness (QED) is 0.117. The Bertz CT molecular complexity index is 1660. The molecule has 4 heterocycles. The molecule has 20 heteroatoms. The maximum Gasteiger partial charge on any atom is 0.417 e. The van der Waals surface area contributed by atoms with Crippen LogP contribution in [0.15, 0.2) is 37.3 Å². The monoisotopic (exact) mass is 636 g/mol. The number of hydrogen-bond donors (Lipinski definition) is 6. The third-order valence-electron chi connectivity index (χ3n) is 7.83. The largest absolute Gasteiger partial charge is 0.492 e. The van der Waals surface area contributed by atoms with Crippen molar-refractivity contribution < 1.29 is 42.8 Å². The van der Waals surface area contributed by atoms with Gasteiger partial charge in [0.2, 0.25) is 23.7 Å². The Kier molecular flexibility index (Phi) is 7.68. The van der Waals surface area contributed by atoms with E-state index in [0.29, 0.717) is 0 Å². The molecule has 44 heavy (non-hydrogen) atoms. The van der Waals surface area contributed by atoms with Crippen LogP contribution in [0, 0.1) is 11.8 Å². The van der Waals surface area contributed by atoms with Gasteiger partial charge in [0.05, 0.1) is 49.5 Å². The van der Waals surface area contributed by atoms with Crippen LogP contribution in [0.5, 0.6) is 11.8 Å². The van der Waals surface area contributed by atoms with Crippen molar-refractivity contribution in [2.24, 2.45) is 11.8 Å². The van der Waals surface area contributed by atoms with E-state index >= 15 is 8.78 Å². The minimum atomic E-state index is -3.14. The van der Waals surface area contributed by atoms with E-state index in [-0.39, 0.29) is 47.1 Å². The van der Waals surface area contributed by atoms with Crippen LogP contribution in [-0.4, -0.2) is 84.0 Å². The third kappa shape index (κ3) is 5.22. The van der Waals surface area contributed by atoms with E-state index in [1.54, 1.807) is 0 Å². The van der Waals surface area contributed by atoms with E-state index in [1.807, 2.05) is 0 Å². The summed E-state index contributed by atoms with van der Waals surface area (Å²) in [6.45, 7) is 0. The first-order valence-electron chi connectivity index (χ1n) is 13.3. The fraction of sp³-hybridized carbons (Fsp3) is 0.417. The number of rotatable bonds is 8. The molecule has 8 atom stereocenters. The van der Waals surface area contributed by atoms with Gasteiger partial charge in [0.1, 0.15) is 12.3 Å². The molecule has 8 unspecified atom stereocenters. The Morgan fingerprint density at radius 2 is 1.20 bits per heavy atom. The fourth-order valence-corrected chi connectivity index (χ4v) is 6.12. The second-order valence-electron chi connectivity index (χ2n) is 10.4. The standard InChI is InChI=1S/C24H27F2N10O7P/c25-13-11(35-7-29-15-19(35)31-23(27)33-21(15)39)5-9(17(13)37)1-3-42-44(41)43-4-2-10-6-12(14(26)18(10)38)36-8-30-16-20(36)32-24(28)34-22(16)40/h1-4,7-14,17-18,37-38,44H,5-6H2,(H3,27,31,33,39)(H3,28,32,34,40). The van der Waals surface area contributed by atoms with E-state index in [1.165, 1.54) is 33.9 Å². The number of fused-ring (bicyclic) bond motifs is 2. The Hall–Kier alpha value is -4.61. The number of aliphatic hydroxyl groups excluding tert-OH is 2. The van der Waals surface area contributed by atoms with E-state index in [9.17, 15) is 25.0 Å². The highest BCUT2D eigenvalue weighted by Gasteiger charge is 2.44. The molecule has 0 aliphatic heterocycles. The van der Waals surface area contributed by atoms with Gasteiger partial charge in [-0.25, -0.2) is 23.3 Å². The molecule has 0 aromatic carbocycles. The summed E-state index contributed by atoms with van der Waals surface area (Å²) in [6.07, 6.45) is 1.15. The molecule has 0 saturated heterocycles. The maximum atomic E-state index is 15.0. The second-order valence-corrected chi connectivity index (χ2v) is 11.4. The number of nitrogens with zero attached hydrogens (tertiary/aromatic N) is 8. The zero-order valence-electron chi connectivity index (χ0n) is 22.5. The third-order valence-corrected chi connectivity index (χ3v) is 8.48. The van der Waals surface area contributed by atoms with Crippen molar-refractivity contribution >= 4 is 42.5 Å². The second kappa shape index (κ2) is 11.5. The van der Waals surface area contributed by atoms with Gasteiger partial charge in [0.25, 0.3) is 0 Å². The number of aromatic hydroxyl groups is 2. The summed E-state index contributed by atoms with van der Waals surface area (Å²) in [6, 6.07) is -1.79. The minimum Gasteiger partial charge on any atom is -0.492 e. The maximum absolute atomic E-state index is 15.0. The van der Waals surface area contributed by atoms with Crippen LogP contribution in [0.4, 0.5) is 20.7 Å². The Morgan fingerprint density at radius 1 is 0.795 bits per heavy atom. The number of alkyl halides is 2. The number of anilines is 2. The molecule has 2 aliphatic carbocycles. The van der Waals surface area contributed by atoms with Gasteiger partial charge in [-0.15, -0.1) is 0 Å². The molecular weight excluding hydrogens is 609 g/mol. The van der Waals surface area contributed by atoms with E-state index < -0.39 is 68.5 Å². The molecule has 0 bridgehead atoms. The summed E-state index contributed by atoms with van der Waals surface area (Å²) in [5.74, 6) is -2.83. The van der Waals surface area contributed by atoms with Crippen LogP contribution in [0.3, 0.4) is 0 Å². The van der Waals surface area contributed by atoms with Crippen molar-refractivity contribution in [1.29, 1.82) is 0 Å². The van der Waals surface area contributed by atoms with Crippen LogP contribution < -0.4 is 11.5 Å². The highest BCUT2D eigenvalue weighted by molar-refractivity contribution is 7.33. The summed E-state index contributed by atoms with van der Waals surface area (Å²) in [4.78, 5) is 23.2. The van der Waals surface area contributed by atoms with Crippen molar-refractivity contribution in [1.82, 2.24) is 39.0 Å². The van der Waals surface area contributed by atoms with Gasteiger partial charge in [0, 0.05) is 11.8 Å². The first kappa shape index (κ1) is 29.5. The minimum absolute atomic E-state index is 0.0324. The van der Waals surface area contributed by atoms with Crippen LogP contribution in [0.1, 0.15) is 24.9 Å². The summed E-state index contributed by atoms with van der Waals surface area (Å²) in [5, 5.41) is 40.7. The van der Waals surface area contributed by atoms with Crippen LogP contribution in [-0.2, 0) is 13.6 Å². The van der Waals surface area contributed by atoms with Gasteiger partial charge in [-0.3, -0.25) is 0 Å². The zero-order chi connectivity index (χ0) is 31.3. The van der Waals surface area contributed by atoms with Crippen LogP contribution >= 0.6 is 8.25 Å². The lowest BCUT2D eigenvalue weighted by Gasteiger charge is -2.16. The number of aromatic nitrogens is 8. The number of hydrogen-bond acceptors (Lipinski definition) is 15. The van der Waals surface area contributed by atoms with Gasteiger partial charge < -0.3 is 50.1 Å². The first-order chi connectivity index (χ1) is 21.0. The van der Waals surface area contributed by atoms with E-state index in [2.05, 4.69) is 29.9 Å². The highest BCUT2D eigenvalue weighted by Crippen LogP contribution is 2.42. The molecule has 4 aromatic rings. The lowest BCUT2D eigenvalue weighted by Crippen LogP contribution is -2.25. The van der Waals surface area contributed by atoms with Crippen molar-refractivity contribution in [3.63, 3.8) is 0 Å². The Balaban J connectivity index is 1.04. The normalized spacial score (nSPS) is 29.8. The predicted molar refractivity (Wildman–Crippen MR) is 148 cm³/mol. The number of aliphatic hydroxyl groups is 2. The molecule has 0 radical (unpaired) electrons. The van der Waals surface area contributed by atoms with Gasteiger partial charge in [-0.05, 0) is 25.0 Å². The zero-order valence-corrected chi connectivity index (χ0v) is 23.5. The Morgan fingerprint density at radius 3 is 1.61 bits per heavy atom. The fourth-order valence-electron chi connectivity index (χ4n) is 5.68. The number of imidazole rings is 2. The first-order valence-corrected chi connectivity index (χ1v) is 14.5. The lowest BCUT2D eigenvalue weighted by molar-refractivity contribution is 0.0702. The van der Waals surface area contributed by atoms with Crippen molar-refractivity contribution in [3.05, 3.63) is 37.3 Å². The average molecular weight is 637 g/mol. The summed E-state index contributed by atoms with van der Waals surface area (Å²) in [7, 11) is -3.14. The predicted octanol–water partition coefficient (Wildman–Crippen LogP) is 1.21. The molecular formula is C24H27F2N10O7P. The van der Waals surface area contributed by atoms with Crippen molar-refractivity contribution in [3.8, 4) is 11.8 Å². The number of nitrogens with two attached hydrogens (primary N) is 2. The summed E-state index contributed by atoms with van der Waals surface area (Å²) in [5.41, 5.74) is 11.4. The molecule has 234 valence electrons. The Labute approximate surface area is 246 Å². The molecule has 6 rings (SSSR count). The van der Waals surface area contributed by atoms with E-state index in [4.69, 9.17) is 20.5 Å². The summed E-state index contributed by atoms with van der Waals surface area (Å²) >= 11 is 0. The van der Waals surface area contributed by atoms with Gasteiger partial charge in [-0.1, -0.05) is 0 Å². The molecule has 4 aromatic heterocycles. The van der Waals surface area contributed by atoms with Crippen LogP contribution in [0.2, 0.25) is 0 Å². The average Bonchev–Trinajstić information content (AvgIpc) is 3.72. The molecule has 2 saturated carbocycles. The van der Waals surface area contributed by atoms with Crippen LogP contribution in [0.25, 0.3) is 22.3 Å². The lowest BCUT2D eigenvalue weighted by atomic mass is 10.1. The SMILES string of the molecule is Nc1nc(O)c2ncn(C3CC(C=CO[PH](=O)OC=CC4CC(n5cnc6c(O)nc(N)nc65)C(F)C4O)C(O)C3F)c2n1. The topological polar surface area (TPSA) is 256 Å². The molecule has 2 aliphatic rings. The van der Waals surface area contributed by atoms with Gasteiger partial charge in [-0.2, -0.15) is 19.9 Å². The number of nitrogen functional groups attached to an aromatic ring is 2. The highest BCUT2D eigenvalue weighted by atomic mass is 31.1.